The fraction of sp³-hybridized carbons (Fsp3) is 0.318. The van der Waals surface area contributed by atoms with Gasteiger partial charge in [-0.15, -0.1) is 0 Å². The highest BCUT2D eigenvalue weighted by atomic mass is 32.2. The number of nitrogens with zero attached hydrogens (tertiary/aromatic N) is 1. The third kappa shape index (κ3) is 6.08. The van der Waals surface area contributed by atoms with Crippen molar-refractivity contribution in [3.63, 3.8) is 0 Å². The predicted octanol–water partition coefficient (Wildman–Crippen LogP) is 1.63. The van der Waals surface area contributed by atoms with Crippen LogP contribution in [0.4, 0.5) is 4.39 Å². The van der Waals surface area contributed by atoms with Gasteiger partial charge in [0.25, 0.3) is 11.8 Å². The number of piperidine rings is 1. The van der Waals surface area contributed by atoms with Crippen LogP contribution in [-0.2, 0) is 19.6 Å². The summed E-state index contributed by atoms with van der Waals surface area (Å²) in [5.74, 6) is -2.89. The van der Waals surface area contributed by atoms with E-state index >= 15 is 0 Å². The zero-order valence-corrected chi connectivity index (χ0v) is 19.2. The molecule has 2 aromatic rings. The van der Waals surface area contributed by atoms with Crippen LogP contribution >= 0.6 is 0 Å². The van der Waals surface area contributed by atoms with Crippen LogP contribution in [0.3, 0.4) is 0 Å². The topological polar surface area (TPSA) is 131 Å². The van der Waals surface area contributed by atoms with Gasteiger partial charge in [-0.05, 0) is 55.3 Å². The molecule has 0 unspecified atom stereocenters. The lowest BCUT2D eigenvalue weighted by atomic mass is 10.2. The highest BCUT2D eigenvalue weighted by Crippen LogP contribution is 2.24. The van der Waals surface area contributed by atoms with Gasteiger partial charge in [0.2, 0.25) is 10.0 Å². The summed E-state index contributed by atoms with van der Waals surface area (Å²) in [5.41, 5.74) is 4.29. The number of amides is 2. The van der Waals surface area contributed by atoms with Gasteiger partial charge in [0.05, 0.1) is 12.7 Å². The van der Waals surface area contributed by atoms with Gasteiger partial charge in [-0.1, -0.05) is 6.42 Å². The zero-order chi connectivity index (χ0) is 24.7. The lowest BCUT2D eigenvalue weighted by molar-refractivity contribution is -0.125. The van der Waals surface area contributed by atoms with Crippen LogP contribution in [0.25, 0.3) is 0 Å². The summed E-state index contributed by atoms with van der Waals surface area (Å²) in [4.78, 5) is 35.6. The molecule has 1 heterocycles. The predicted molar refractivity (Wildman–Crippen MR) is 118 cm³/mol. The first-order chi connectivity index (χ1) is 16.2. The largest absolute Gasteiger partial charge is 0.497 e. The summed E-state index contributed by atoms with van der Waals surface area (Å²) in [6.45, 7) is -0.203. The Hall–Kier alpha value is -3.51. The van der Waals surface area contributed by atoms with Crippen LogP contribution in [-0.4, -0.2) is 57.3 Å². The standard InChI is InChI=1S/C22H24FN3O7S/c1-32-17-8-5-15(6-9-17)21(28)25-24-20(27)14-33-22(29)16-7-10-18(23)19(13-16)34(30,31)26-11-3-2-4-12-26/h5-10,13H,2-4,11-12,14H2,1H3,(H,24,27)(H,25,28). The van der Waals surface area contributed by atoms with Crippen molar-refractivity contribution < 1.29 is 36.7 Å². The molecule has 1 aliphatic heterocycles. The minimum absolute atomic E-state index is 0.230. The number of rotatable bonds is 7. The van der Waals surface area contributed by atoms with E-state index in [4.69, 9.17) is 9.47 Å². The van der Waals surface area contributed by atoms with E-state index in [0.717, 1.165) is 24.6 Å². The van der Waals surface area contributed by atoms with Crippen molar-refractivity contribution in [3.8, 4) is 5.75 Å². The summed E-state index contributed by atoms with van der Waals surface area (Å²) in [6.07, 6.45) is 2.24. The number of ether oxygens (including phenoxy) is 2. The molecule has 0 saturated carbocycles. The normalized spacial score (nSPS) is 14.2. The van der Waals surface area contributed by atoms with E-state index in [1.54, 1.807) is 12.1 Å². The molecule has 2 aromatic carbocycles. The van der Waals surface area contributed by atoms with Crippen LogP contribution in [0.15, 0.2) is 47.4 Å². The Balaban J connectivity index is 1.56. The second-order valence-corrected chi connectivity index (χ2v) is 9.32. The molecule has 2 amide bonds. The molecule has 0 aliphatic carbocycles. The number of nitrogens with one attached hydrogen (secondary N) is 2. The van der Waals surface area contributed by atoms with Crippen LogP contribution in [0.2, 0.25) is 0 Å². The Kier molecular flexibility index (Phi) is 8.18. The first-order valence-corrected chi connectivity index (χ1v) is 11.9. The van der Waals surface area contributed by atoms with Gasteiger partial charge in [0, 0.05) is 18.7 Å². The first-order valence-electron chi connectivity index (χ1n) is 10.4. The monoisotopic (exact) mass is 493 g/mol. The van der Waals surface area contributed by atoms with Crippen molar-refractivity contribution in [1.82, 2.24) is 15.2 Å². The molecule has 10 nitrogen and oxygen atoms in total. The zero-order valence-electron chi connectivity index (χ0n) is 18.4. The second-order valence-electron chi connectivity index (χ2n) is 7.42. The molecule has 0 aromatic heterocycles. The Labute approximate surface area is 196 Å². The van der Waals surface area contributed by atoms with Crippen molar-refractivity contribution >= 4 is 27.8 Å². The number of benzene rings is 2. The van der Waals surface area contributed by atoms with Crippen molar-refractivity contribution in [1.29, 1.82) is 0 Å². The van der Waals surface area contributed by atoms with Crippen molar-refractivity contribution in [2.24, 2.45) is 0 Å². The van der Waals surface area contributed by atoms with E-state index in [1.807, 2.05) is 0 Å². The van der Waals surface area contributed by atoms with Gasteiger partial charge in [0.15, 0.2) is 6.61 Å². The van der Waals surface area contributed by atoms with Crippen LogP contribution in [0, 0.1) is 5.82 Å². The smallest absolute Gasteiger partial charge is 0.338 e. The molecule has 1 fully saturated rings. The summed E-state index contributed by atoms with van der Waals surface area (Å²) < 4.78 is 50.9. The number of methoxy groups -OCH3 is 1. The summed E-state index contributed by atoms with van der Waals surface area (Å²) in [5, 5.41) is 0. The number of sulfonamides is 1. The molecule has 1 saturated heterocycles. The lowest BCUT2D eigenvalue weighted by Crippen LogP contribution is -2.43. The van der Waals surface area contributed by atoms with E-state index in [1.165, 1.54) is 23.5 Å². The third-order valence-corrected chi connectivity index (χ3v) is 7.02. The summed E-state index contributed by atoms with van der Waals surface area (Å²) in [7, 11) is -2.63. The molecule has 2 N–H and O–H groups in total. The molecule has 1 aliphatic rings. The number of halogens is 1. The molecular formula is C22H24FN3O7S. The van der Waals surface area contributed by atoms with Crippen molar-refractivity contribution in [2.75, 3.05) is 26.8 Å². The summed E-state index contributed by atoms with van der Waals surface area (Å²) in [6, 6.07) is 8.94. The quantitative estimate of drug-likeness (QED) is 0.443. The maximum absolute atomic E-state index is 14.3. The van der Waals surface area contributed by atoms with Gasteiger partial charge in [-0.2, -0.15) is 4.31 Å². The van der Waals surface area contributed by atoms with Crippen LogP contribution < -0.4 is 15.6 Å². The molecule has 34 heavy (non-hydrogen) atoms. The van der Waals surface area contributed by atoms with Gasteiger partial charge >= 0.3 is 5.97 Å². The number of esters is 1. The molecule has 12 heteroatoms. The van der Waals surface area contributed by atoms with E-state index in [9.17, 15) is 27.2 Å². The molecule has 3 rings (SSSR count). The molecule has 0 spiro atoms. The Morgan fingerprint density at radius 2 is 1.62 bits per heavy atom. The number of carbonyl (C=O) groups excluding carboxylic acids is 3. The lowest BCUT2D eigenvalue weighted by Gasteiger charge is -2.26. The third-order valence-electron chi connectivity index (χ3n) is 5.10. The average Bonchev–Trinajstić information content (AvgIpc) is 2.86. The highest BCUT2D eigenvalue weighted by Gasteiger charge is 2.29. The molecular weight excluding hydrogens is 469 g/mol. The molecule has 182 valence electrons. The van der Waals surface area contributed by atoms with Crippen molar-refractivity contribution in [3.05, 3.63) is 59.4 Å². The van der Waals surface area contributed by atoms with E-state index in [-0.39, 0.29) is 24.2 Å². The maximum Gasteiger partial charge on any atom is 0.338 e. The second kappa shape index (κ2) is 11.1. The highest BCUT2D eigenvalue weighted by molar-refractivity contribution is 7.89. The number of hydrazine groups is 1. The Bertz CT molecular complexity index is 1160. The fourth-order valence-corrected chi connectivity index (χ4v) is 4.87. The SMILES string of the molecule is COc1ccc(C(=O)NNC(=O)COC(=O)c2ccc(F)c(S(=O)(=O)N3CCCCC3)c2)cc1. The van der Waals surface area contributed by atoms with E-state index in [2.05, 4.69) is 10.9 Å². The van der Waals surface area contributed by atoms with Crippen LogP contribution in [0.5, 0.6) is 5.75 Å². The van der Waals surface area contributed by atoms with E-state index < -0.39 is 45.1 Å². The molecule has 0 radical (unpaired) electrons. The van der Waals surface area contributed by atoms with Gasteiger partial charge in [-0.25, -0.2) is 17.6 Å². The minimum Gasteiger partial charge on any atom is -0.497 e. The first kappa shape index (κ1) is 25.1. The van der Waals surface area contributed by atoms with Crippen molar-refractivity contribution in [2.45, 2.75) is 24.2 Å². The molecule has 0 atom stereocenters. The average molecular weight is 494 g/mol. The minimum atomic E-state index is -4.11. The molecule has 0 bridgehead atoms. The number of hydrogen-bond acceptors (Lipinski definition) is 7. The maximum atomic E-state index is 14.3. The fourth-order valence-electron chi connectivity index (χ4n) is 3.26. The number of carbonyl (C=O) groups is 3. The van der Waals surface area contributed by atoms with Gasteiger partial charge in [0.1, 0.15) is 16.5 Å². The van der Waals surface area contributed by atoms with Gasteiger partial charge in [-0.3, -0.25) is 20.4 Å². The van der Waals surface area contributed by atoms with Crippen LogP contribution in [0.1, 0.15) is 40.0 Å². The Morgan fingerprint density at radius 1 is 0.971 bits per heavy atom. The van der Waals surface area contributed by atoms with Gasteiger partial charge < -0.3 is 9.47 Å². The van der Waals surface area contributed by atoms with E-state index in [0.29, 0.717) is 18.6 Å². The number of hydrogen-bond donors (Lipinski definition) is 2. The Morgan fingerprint density at radius 3 is 2.26 bits per heavy atom. The summed E-state index contributed by atoms with van der Waals surface area (Å²) >= 11 is 0.